The van der Waals surface area contributed by atoms with Crippen LogP contribution in [0.15, 0.2) is 30.5 Å². The predicted molar refractivity (Wildman–Crippen MR) is 90.2 cm³/mol. The molecule has 2 heterocycles. The summed E-state index contributed by atoms with van der Waals surface area (Å²) in [6, 6.07) is 8.12. The first-order chi connectivity index (χ1) is 11.2. The number of rotatable bonds is 4. The van der Waals surface area contributed by atoms with Crippen molar-refractivity contribution < 1.29 is 4.79 Å². The molecule has 0 spiro atoms. The Morgan fingerprint density at radius 3 is 2.96 bits per heavy atom. The highest BCUT2D eigenvalue weighted by Gasteiger charge is 2.26. The summed E-state index contributed by atoms with van der Waals surface area (Å²) in [6.07, 6.45) is 4.26. The standard InChI is InChI=1S/C18H22N4O/c1-3-17(23)14-8-6-10-22(12-14)18-20-16(11-19-21-18)15-9-5-4-7-13(15)2/h4-5,7,9,11,14H,3,6,8,10,12H2,1-2H3/t14-/m1/s1. The van der Waals surface area contributed by atoms with E-state index in [-0.39, 0.29) is 5.92 Å². The largest absolute Gasteiger partial charge is 0.339 e. The molecule has 1 aliphatic rings. The molecule has 2 aromatic rings. The zero-order valence-corrected chi connectivity index (χ0v) is 13.7. The number of piperidine rings is 1. The average molecular weight is 310 g/mol. The van der Waals surface area contributed by atoms with E-state index in [2.05, 4.69) is 33.1 Å². The zero-order valence-electron chi connectivity index (χ0n) is 13.7. The van der Waals surface area contributed by atoms with Crippen molar-refractivity contribution in [2.24, 2.45) is 5.92 Å². The molecule has 1 atom stereocenters. The van der Waals surface area contributed by atoms with E-state index in [4.69, 9.17) is 0 Å². The summed E-state index contributed by atoms with van der Waals surface area (Å²) in [5.74, 6) is 1.05. The normalized spacial score (nSPS) is 18.0. The number of benzene rings is 1. The highest BCUT2D eigenvalue weighted by molar-refractivity contribution is 5.81. The summed E-state index contributed by atoms with van der Waals surface area (Å²) < 4.78 is 0. The first-order valence-corrected chi connectivity index (χ1v) is 8.22. The molecule has 120 valence electrons. The van der Waals surface area contributed by atoms with Gasteiger partial charge in [-0.25, -0.2) is 4.98 Å². The average Bonchev–Trinajstić information content (AvgIpc) is 2.61. The number of nitrogens with zero attached hydrogens (tertiary/aromatic N) is 4. The summed E-state index contributed by atoms with van der Waals surface area (Å²) in [5.41, 5.74) is 3.07. The number of aromatic nitrogens is 3. The lowest BCUT2D eigenvalue weighted by molar-refractivity contribution is -0.122. The number of carbonyl (C=O) groups excluding carboxylic acids is 1. The lowest BCUT2D eigenvalue weighted by atomic mass is 9.93. The summed E-state index contributed by atoms with van der Waals surface area (Å²) in [4.78, 5) is 18.8. The van der Waals surface area contributed by atoms with Crippen LogP contribution in [0.2, 0.25) is 0 Å². The highest BCUT2D eigenvalue weighted by Crippen LogP contribution is 2.25. The maximum atomic E-state index is 12.0. The Bertz CT molecular complexity index is 701. The van der Waals surface area contributed by atoms with Gasteiger partial charge in [-0.1, -0.05) is 31.2 Å². The topological polar surface area (TPSA) is 59.0 Å². The number of hydrogen-bond donors (Lipinski definition) is 0. The summed E-state index contributed by atoms with van der Waals surface area (Å²) in [6.45, 7) is 5.57. The molecule has 23 heavy (non-hydrogen) atoms. The number of carbonyl (C=O) groups is 1. The van der Waals surface area contributed by atoms with Gasteiger partial charge < -0.3 is 4.90 Å². The predicted octanol–water partition coefficient (Wildman–Crippen LogP) is 3.04. The maximum absolute atomic E-state index is 12.0. The molecule has 0 saturated carbocycles. The second kappa shape index (κ2) is 6.86. The quantitative estimate of drug-likeness (QED) is 0.868. The van der Waals surface area contributed by atoms with Crippen LogP contribution in [0.1, 0.15) is 31.7 Å². The summed E-state index contributed by atoms with van der Waals surface area (Å²) >= 11 is 0. The van der Waals surface area contributed by atoms with Crippen LogP contribution < -0.4 is 4.90 Å². The molecule has 1 aromatic heterocycles. The van der Waals surface area contributed by atoms with Gasteiger partial charge in [0.15, 0.2) is 0 Å². The Hall–Kier alpha value is -2.30. The molecule has 1 saturated heterocycles. The van der Waals surface area contributed by atoms with Gasteiger partial charge in [0.05, 0.1) is 11.9 Å². The van der Waals surface area contributed by atoms with Crippen molar-refractivity contribution in [3.05, 3.63) is 36.0 Å². The number of anilines is 1. The van der Waals surface area contributed by atoms with E-state index in [1.54, 1.807) is 6.20 Å². The van der Waals surface area contributed by atoms with Gasteiger partial charge in [0.2, 0.25) is 5.95 Å². The third-order valence-electron chi connectivity index (χ3n) is 4.48. The Kier molecular flexibility index (Phi) is 4.65. The van der Waals surface area contributed by atoms with Crippen molar-refractivity contribution in [3.63, 3.8) is 0 Å². The van der Waals surface area contributed by atoms with Gasteiger partial charge in [-0.15, -0.1) is 5.10 Å². The van der Waals surface area contributed by atoms with Gasteiger partial charge in [-0.2, -0.15) is 5.10 Å². The molecule has 0 N–H and O–H groups in total. The Morgan fingerprint density at radius 1 is 1.35 bits per heavy atom. The van der Waals surface area contributed by atoms with E-state index in [0.29, 0.717) is 24.7 Å². The molecule has 0 unspecified atom stereocenters. The van der Waals surface area contributed by atoms with Gasteiger partial charge in [-0.05, 0) is 25.3 Å². The Morgan fingerprint density at radius 2 is 2.17 bits per heavy atom. The first kappa shape index (κ1) is 15.6. The van der Waals surface area contributed by atoms with Gasteiger partial charge >= 0.3 is 0 Å². The van der Waals surface area contributed by atoms with Crippen LogP contribution in [-0.4, -0.2) is 34.1 Å². The van der Waals surface area contributed by atoms with Crippen LogP contribution in [0, 0.1) is 12.8 Å². The highest BCUT2D eigenvalue weighted by atomic mass is 16.1. The Balaban J connectivity index is 1.85. The van der Waals surface area contributed by atoms with Gasteiger partial charge in [0.1, 0.15) is 5.78 Å². The molecule has 1 fully saturated rings. The summed E-state index contributed by atoms with van der Waals surface area (Å²) in [7, 11) is 0. The Labute approximate surface area is 136 Å². The number of ketones is 1. The second-order valence-electron chi connectivity index (χ2n) is 6.06. The van der Waals surface area contributed by atoms with Crippen LogP contribution >= 0.6 is 0 Å². The number of Topliss-reactive ketones (excluding diaryl/α,β-unsaturated/α-hetero) is 1. The maximum Gasteiger partial charge on any atom is 0.245 e. The van der Waals surface area contributed by atoms with E-state index >= 15 is 0 Å². The second-order valence-corrected chi connectivity index (χ2v) is 6.06. The molecule has 0 amide bonds. The third kappa shape index (κ3) is 3.38. The van der Waals surface area contributed by atoms with Gasteiger partial charge in [-0.3, -0.25) is 4.79 Å². The van der Waals surface area contributed by atoms with Crippen LogP contribution in [0.5, 0.6) is 0 Å². The van der Waals surface area contributed by atoms with E-state index in [0.717, 1.165) is 36.2 Å². The third-order valence-corrected chi connectivity index (χ3v) is 4.48. The van der Waals surface area contributed by atoms with Gasteiger partial charge in [0, 0.05) is 31.0 Å². The summed E-state index contributed by atoms with van der Waals surface area (Å²) in [5, 5.41) is 8.32. The molecule has 5 heteroatoms. The fraction of sp³-hybridized carbons (Fsp3) is 0.444. The minimum atomic E-state index is 0.0967. The van der Waals surface area contributed by atoms with Crippen molar-refractivity contribution in [1.29, 1.82) is 0 Å². The molecule has 5 nitrogen and oxygen atoms in total. The van der Waals surface area contributed by atoms with E-state index < -0.39 is 0 Å². The minimum Gasteiger partial charge on any atom is -0.339 e. The van der Waals surface area contributed by atoms with E-state index in [9.17, 15) is 4.79 Å². The molecular weight excluding hydrogens is 288 g/mol. The molecule has 1 aromatic carbocycles. The SMILES string of the molecule is CCC(=O)[C@@H]1CCCN(c2nncc(-c3ccccc3C)n2)C1. The van der Waals surface area contributed by atoms with Crippen molar-refractivity contribution in [3.8, 4) is 11.3 Å². The van der Waals surface area contributed by atoms with Crippen LogP contribution in [-0.2, 0) is 4.79 Å². The van der Waals surface area contributed by atoms with E-state index in [1.165, 1.54) is 0 Å². The lowest BCUT2D eigenvalue weighted by Gasteiger charge is -2.31. The van der Waals surface area contributed by atoms with Gasteiger partial charge in [0.25, 0.3) is 0 Å². The van der Waals surface area contributed by atoms with E-state index in [1.807, 2.05) is 25.1 Å². The molecule has 1 aliphatic heterocycles. The molecule has 0 aliphatic carbocycles. The van der Waals surface area contributed by atoms with Crippen molar-refractivity contribution in [2.45, 2.75) is 33.1 Å². The number of aryl methyl sites for hydroxylation is 1. The van der Waals surface area contributed by atoms with Crippen LogP contribution in [0.3, 0.4) is 0 Å². The number of hydrogen-bond acceptors (Lipinski definition) is 5. The fourth-order valence-corrected chi connectivity index (χ4v) is 3.13. The van der Waals surface area contributed by atoms with Crippen molar-refractivity contribution in [2.75, 3.05) is 18.0 Å². The van der Waals surface area contributed by atoms with Crippen molar-refractivity contribution >= 4 is 11.7 Å². The van der Waals surface area contributed by atoms with Crippen molar-refractivity contribution in [1.82, 2.24) is 15.2 Å². The minimum absolute atomic E-state index is 0.0967. The van der Waals surface area contributed by atoms with Crippen LogP contribution in [0.25, 0.3) is 11.3 Å². The van der Waals surface area contributed by atoms with Crippen LogP contribution in [0.4, 0.5) is 5.95 Å². The lowest BCUT2D eigenvalue weighted by Crippen LogP contribution is -2.39. The first-order valence-electron chi connectivity index (χ1n) is 8.22. The molecule has 3 rings (SSSR count). The smallest absolute Gasteiger partial charge is 0.245 e. The fourth-order valence-electron chi connectivity index (χ4n) is 3.13. The zero-order chi connectivity index (χ0) is 16.2. The molecular formula is C18H22N4O. The molecule has 0 radical (unpaired) electrons. The molecule has 0 bridgehead atoms. The monoisotopic (exact) mass is 310 g/mol.